The van der Waals surface area contributed by atoms with Crippen LogP contribution in [-0.4, -0.2) is 24.4 Å². The number of nitrogens with one attached hydrogen (secondary N) is 1. The third-order valence-corrected chi connectivity index (χ3v) is 3.94. The van der Waals surface area contributed by atoms with E-state index in [2.05, 4.69) is 18.3 Å². The summed E-state index contributed by atoms with van der Waals surface area (Å²) in [6.07, 6.45) is 2.68. The van der Waals surface area contributed by atoms with E-state index in [4.69, 9.17) is 16.3 Å². The highest BCUT2D eigenvalue weighted by atomic mass is 35.5. The van der Waals surface area contributed by atoms with Crippen LogP contribution in [0.5, 0.6) is 5.75 Å². The summed E-state index contributed by atoms with van der Waals surface area (Å²) in [5, 5.41) is 13.8. The fraction of sp³-hybridized carbons (Fsp3) is 0.625. The number of aliphatic hydroxyl groups is 1. The first-order valence-corrected chi connectivity index (χ1v) is 7.77. The first kappa shape index (κ1) is 15.6. The third kappa shape index (κ3) is 4.37. The Labute approximate surface area is 126 Å². The summed E-state index contributed by atoms with van der Waals surface area (Å²) in [4.78, 5) is 0. The first-order chi connectivity index (χ1) is 9.56. The minimum atomic E-state index is -0.240. The van der Waals surface area contributed by atoms with Gasteiger partial charge in [0.15, 0.2) is 0 Å². The van der Waals surface area contributed by atoms with Gasteiger partial charge in [-0.1, -0.05) is 24.6 Å². The van der Waals surface area contributed by atoms with E-state index >= 15 is 0 Å². The molecule has 0 spiro atoms. The summed E-state index contributed by atoms with van der Waals surface area (Å²) in [6, 6.07) is 6.18. The van der Waals surface area contributed by atoms with Gasteiger partial charge in [-0.3, -0.25) is 0 Å². The van der Waals surface area contributed by atoms with Gasteiger partial charge in [0.1, 0.15) is 5.75 Å². The average molecular weight is 298 g/mol. The molecule has 0 saturated heterocycles. The summed E-state index contributed by atoms with van der Waals surface area (Å²) in [6.45, 7) is 5.65. The Hall–Kier alpha value is -0.770. The van der Waals surface area contributed by atoms with Gasteiger partial charge in [0.05, 0.1) is 12.7 Å². The highest BCUT2D eigenvalue weighted by molar-refractivity contribution is 6.30. The van der Waals surface area contributed by atoms with Gasteiger partial charge in [0.2, 0.25) is 0 Å². The Kier molecular flexibility index (Phi) is 5.70. The van der Waals surface area contributed by atoms with Crippen LogP contribution in [0.3, 0.4) is 0 Å². The second-order valence-electron chi connectivity index (χ2n) is 5.82. The Morgan fingerprint density at radius 1 is 1.45 bits per heavy atom. The molecular weight excluding hydrogens is 274 g/mol. The van der Waals surface area contributed by atoms with Crippen LogP contribution in [-0.2, 0) is 0 Å². The molecule has 4 heteroatoms. The number of benzene rings is 1. The molecular formula is C16H24ClNO2. The van der Waals surface area contributed by atoms with E-state index in [-0.39, 0.29) is 6.10 Å². The fourth-order valence-corrected chi connectivity index (χ4v) is 2.93. The van der Waals surface area contributed by atoms with Crippen molar-refractivity contribution < 1.29 is 9.84 Å². The van der Waals surface area contributed by atoms with Crippen molar-refractivity contribution in [1.82, 2.24) is 5.32 Å². The zero-order valence-corrected chi connectivity index (χ0v) is 13.0. The van der Waals surface area contributed by atoms with Crippen LogP contribution in [0, 0.1) is 5.92 Å². The number of rotatable bonds is 5. The maximum atomic E-state index is 9.43. The first-order valence-electron chi connectivity index (χ1n) is 7.40. The highest BCUT2D eigenvalue weighted by Crippen LogP contribution is 2.33. The van der Waals surface area contributed by atoms with Crippen LogP contribution >= 0.6 is 11.6 Å². The van der Waals surface area contributed by atoms with Crippen LogP contribution in [0.25, 0.3) is 0 Å². The lowest BCUT2D eigenvalue weighted by molar-refractivity contribution is 0.162. The average Bonchev–Trinajstić information content (AvgIpc) is 2.57. The van der Waals surface area contributed by atoms with E-state index in [0.29, 0.717) is 17.0 Å². The van der Waals surface area contributed by atoms with Gasteiger partial charge in [-0.25, -0.2) is 0 Å². The molecule has 2 N–H and O–H groups in total. The van der Waals surface area contributed by atoms with Crippen molar-refractivity contribution in [3.63, 3.8) is 0 Å². The van der Waals surface area contributed by atoms with Crippen LogP contribution < -0.4 is 10.1 Å². The summed E-state index contributed by atoms with van der Waals surface area (Å²) in [7, 11) is 0. The molecule has 3 atom stereocenters. The molecule has 1 heterocycles. The number of fused-ring (bicyclic) bond motifs is 1. The Balaban J connectivity index is 2.01. The molecule has 0 fully saturated rings. The van der Waals surface area contributed by atoms with E-state index in [0.717, 1.165) is 38.2 Å². The van der Waals surface area contributed by atoms with E-state index < -0.39 is 0 Å². The molecule has 0 radical (unpaired) electrons. The predicted octanol–water partition coefficient (Wildman–Crippen LogP) is 3.55. The van der Waals surface area contributed by atoms with Gasteiger partial charge in [0.25, 0.3) is 0 Å². The number of halogens is 1. The molecule has 1 aliphatic rings. The number of hydrogen-bond donors (Lipinski definition) is 2. The lowest BCUT2D eigenvalue weighted by atomic mass is 9.99. The lowest BCUT2D eigenvalue weighted by Crippen LogP contribution is -2.27. The smallest absolute Gasteiger partial charge is 0.125 e. The van der Waals surface area contributed by atoms with Crippen LogP contribution in [0.15, 0.2) is 18.2 Å². The van der Waals surface area contributed by atoms with Crippen molar-refractivity contribution in [1.29, 1.82) is 0 Å². The van der Waals surface area contributed by atoms with Crippen molar-refractivity contribution in [3.05, 3.63) is 28.8 Å². The summed E-state index contributed by atoms with van der Waals surface area (Å²) >= 11 is 6.03. The Bertz CT molecular complexity index is 436. The molecule has 20 heavy (non-hydrogen) atoms. The predicted molar refractivity (Wildman–Crippen MR) is 82.4 cm³/mol. The zero-order valence-electron chi connectivity index (χ0n) is 12.2. The standard InChI is InChI=1S/C16H24ClNO2/c1-11(8-12(2)19)10-18-15-4-3-7-20-16-9-13(17)5-6-14(15)16/h5-6,9,11-12,15,18-19H,3-4,7-8,10H2,1-2H3. The maximum absolute atomic E-state index is 9.43. The molecule has 0 saturated carbocycles. The van der Waals surface area contributed by atoms with Crippen molar-refractivity contribution >= 4 is 11.6 Å². The fourth-order valence-electron chi connectivity index (χ4n) is 2.77. The van der Waals surface area contributed by atoms with E-state index in [9.17, 15) is 5.11 Å². The second-order valence-corrected chi connectivity index (χ2v) is 6.26. The van der Waals surface area contributed by atoms with Gasteiger partial charge < -0.3 is 15.2 Å². The van der Waals surface area contributed by atoms with Crippen LogP contribution in [0.4, 0.5) is 0 Å². The van der Waals surface area contributed by atoms with E-state index in [1.807, 2.05) is 19.1 Å². The van der Waals surface area contributed by atoms with E-state index in [1.165, 1.54) is 5.56 Å². The number of aliphatic hydroxyl groups excluding tert-OH is 1. The molecule has 0 bridgehead atoms. The molecule has 0 amide bonds. The molecule has 3 unspecified atom stereocenters. The lowest BCUT2D eigenvalue weighted by Gasteiger charge is -2.21. The number of ether oxygens (including phenoxy) is 1. The minimum absolute atomic E-state index is 0.240. The maximum Gasteiger partial charge on any atom is 0.125 e. The van der Waals surface area contributed by atoms with Crippen molar-refractivity contribution in [2.45, 2.75) is 45.3 Å². The van der Waals surface area contributed by atoms with Crippen LogP contribution in [0.2, 0.25) is 5.02 Å². The molecule has 112 valence electrons. The summed E-state index contributed by atoms with van der Waals surface area (Å²) < 4.78 is 5.77. The molecule has 1 aromatic carbocycles. The third-order valence-electron chi connectivity index (χ3n) is 3.70. The molecule has 0 aliphatic carbocycles. The molecule has 2 rings (SSSR count). The van der Waals surface area contributed by atoms with Crippen molar-refractivity contribution in [2.24, 2.45) is 5.92 Å². The largest absolute Gasteiger partial charge is 0.493 e. The highest BCUT2D eigenvalue weighted by Gasteiger charge is 2.20. The molecule has 3 nitrogen and oxygen atoms in total. The topological polar surface area (TPSA) is 41.5 Å². The minimum Gasteiger partial charge on any atom is -0.493 e. The molecule has 1 aliphatic heterocycles. The van der Waals surface area contributed by atoms with Gasteiger partial charge in [-0.05, 0) is 50.8 Å². The molecule has 1 aromatic rings. The van der Waals surface area contributed by atoms with Gasteiger partial charge in [0, 0.05) is 16.6 Å². The quantitative estimate of drug-likeness (QED) is 0.873. The van der Waals surface area contributed by atoms with Gasteiger partial charge >= 0.3 is 0 Å². The normalized spacial score (nSPS) is 21.5. The monoisotopic (exact) mass is 297 g/mol. The van der Waals surface area contributed by atoms with Gasteiger partial charge in [-0.15, -0.1) is 0 Å². The van der Waals surface area contributed by atoms with Crippen LogP contribution in [0.1, 0.15) is 44.7 Å². The van der Waals surface area contributed by atoms with Crippen molar-refractivity contribution in [3.8, 4) is 5.75 Å². The van der Waals surface area contributed by atoms with Crippen molar-refractivity contribution in [2.75, 3.05) is 13.2 Å². The summed E-state index contributed by atoms with van der Waals surface area (Å²) in [5.74, 6) is 1.35. The Morgan fingerprint density at radius 2 is 2.25 bits per heavy atom. The number of hydrogen-bond acceptors (Lipinski definition) is 3. The second kappa shape index (κ2) is 7.30. The zero-order chi connectivity index (χ0) is 14.5. The summed E-state index contributed by atoms with van der Waals surface area (Å²) in [5.41, 5.74) is 1.19. The van der Waals surface area contributed by atoms with E-state index in [1.54, 1.807) is 0 Å². The Morgan fingerprint density at radius 3 is 3.00 bits per heavy atom. The van der Waals surface area contributed by atoms with Gasteiger partial charge in [-0.2, -0.15) is 0 Å². The molecule has 0 aromatic heterocycles. The SMILES string of the molecule is CC(O)CC(C)CNC1CCCOc2cc(Cl)ccc21.